The summed E-state index contributed by atoms with van der Waals surface area (Å²) < 4.78 is 0. The third kappa shape index (κ3) is 17.4. The van der Waals surface area contributed by atoms with Crippen molar-refractivity contribution in [2.75, 3.05) is 19.6 Å². The summed E-state index contributed by atoms with van der Waals surface area (Å²) in [5.74, 6) is 0.319. The molecule has 1 atom stereocenters. The molecule has 1 aliphatic rings. The lowest BCUT2D eigenvalue weighted by Crippen LogP contribution is -2.65. The van der Waals surface area contributed by atoms with Gasteiger partial charge in [-0.2, -0.15) is 0 Å². The maximum absolute atomic E-state index is 12.6. The molecule has 224 valence electrons. The zero-order valence-corrected chi connectivity index (χ0v) is 25.9. The van der Waals surface area contributed by atoms with E-state index < -0.39 is 0 Å². The number of nitrogens with one attached hydrogen (secondary N) is 1. The Morgan fingerprint density at radius 3 is 1.55 bits per heavy atom. The van der Waals surface area contributed by atoms with E-state index in [1.165, 1.54) is 96.3 Å². The predicted octanol–water partition coefficient (Wildman–Crippen LogP) is 9.59. The molecule has 0 spiro atoms. The summed E-state index contributed by atoms with van der Waals surface area (Å²) in [6.45, 7) is 9.30. The number of carbonyl (C=O) groups excluding carboxylic acids is 2. The molecule has 1 saturated heterocycles. The number of unbranched alkanes of at least 4 members (excludes halogenated alkanes) is 18. The van der Waals surface area contributed by atoms with Gasteiger partial charge in [0.1, 0.15) is 6.17 Å². The monoisotopic (exact) mass is 536 g/mol. The van der Waals surface area contributed by atoms with Crippen molar-refractivity contribution in [3.05, 3.63) is 0 Å². The standard InChI is InChI=1S/C33H65N3O2/c1-4-7-10-11-12-13-14-15-16-17-18-19-20-21-23-26-31-34-33(38)36(31)30-25-22-24-27-32(37)35(28-8-5-2)29-9-6-3/h31H,4-30H2,1-3H3,(H,34,38). The van der Waals surface area contributed by atoms with Crippen LogP contribution in [-0.2, 0) is 4.79 Å². The minimum Gasteiger partial charge on any atom is -0.343 e. The second kappa shape index (κ2) is 24.8. The zero-order valence-electron chi connectivity index (χ0n) is 25.9. The van der Waals surface area contributed by atoms with E-state index in [4.69, 9.17) is 0 Å². The number of nitrogens with zero attached hydrogens (tertiary/aromatic N) is 2. The Bertz CT molecular complexity index is 560. The average molecular weight is 536 g/mol. The quantitative estimate of drug-likeness (QED) is 0.101. The van der Waals surface area contributed by atoms with Gasteiger partial charge in [-0.25, -0.2) is 4.79 Å². The molecule has 5 nitrogen and oxygen atoms in total. The van der Waals surface area contributed by atoms with Crippen molar-refractivity contribution in [1.29, 1.82) is 0 Å². The number of hydrogen-bond acceptors (Lipinski definition) is 2. The lowest BCUT2D eigenvalue weighted by atomic mass is 10.0. The first-order valence-electron chi connectivity index (χ1n) is 17.0. The van der Waals surface area contributed by atoms with Gasteiger partial charge in [-0.1, -0.05) is 130 Å². The number of hydrogen-bond donors (Lipinski definition) is 1. The zero-order chi connectivity index (χ0) is 27.7. The summed E-state index contributed by atoms with van der Waals surface area (Å²) >= 11 is 0. The second-order valence-corrected chi connectivity index (χ2v) is 11.8. The first-order chi connectivity index (χ1) is 18.6. The predicted molar refractivity (Wildman–Crippen MR) is 163 cm³/mol. The lowest BCUT2D eigenvalue weighted by molar-refractivity contribution is -0.131. The molecule has 0 aliphatic carbocycles. The highest BCUT2D eigenvalue weighted by Gasteiger charge is 2.33. The summed E-state index contributed by atoms with van der Waals surface area (Å²) in [6.07, 6.45) is 30.2. The van der Waals surface area contributed by atoms with Gasteiger partial charge in [0.2, 0.25) is 5.91 Å². The van der Waals surface area contributed by atoms with Crippen LogP contribution in [0.3, 0.4) is 0 Å². The fraction of sp³-hybridized carbons (Fsp3) is 0.939. The van der Waals surface area contributed by atoms with Gasteiger partial charge in [-0.05, 0) is 38.5 Å². The van der Waals surface area contributed by atoms with E-state index in [0.29, 0.717) is 12.3 Å². The van der Waals surface area contributed by atoms with E-state index in [-0.39, 0.29) is 12.2 Å². The minimum atomic E-state index is 0.0948. The molecule has 0 aromatic rings. The van der Waals surface area contributed by atoms with E-state index >= 15 is 0 Å². The van der Waals surface area contributed by atoms with E-state index in [1.54, 1.807) is 0 Å². The van der Waals surface area contributed by atoms with Gasteiger partial charge in [-0.3, -0.25) is 4.79 Å². The highest BCUT2D eigenvalue weighted by Crippen LogP contribution is 2.19. The highest BCUT2D eigenvalue weighted by molar-refractivity contribution is 5.80. The molecule has 3 amide bonds. The Kier molecular flexibility index (Phi) is 22.7. The minimum absolute atomic E-state index is 0.0948. The van der Waals surface area contributed by atoms with Crippen LogP contribution < -0.4 is 5.32 Å². The molecule has 0 bridgehead atoms. The second-order valence-electron chi connectivity index (χ2n) is 11.8. The molecule has 1 rings (SSSR count). The summed E-state index contributed by atoms with van der Waals surface area (Å²) in [4.78, 5) is 28.7. The maximum Gasteiger partial charge on any atom is 0.320 e. The molecule has 0 aromatic heterocycles. The normalized spacial score (nSPS) is 15.0. The van der Waals surface area contributed by atoms with Gasteiger partial charge in [-0.15, -0.1) is 0 Å². The molecular formula is C33H65N3O2. The van der Waals surface area contributed by atoms with Crippen LogP contribution in [0.4, 0.5) is 4.79 Å². The van der Waals surface area contributed by atoms with Gasteiger partial charge in [0.25, 0.3) is 0 Å². The van der Waals surface area contributed by atoms with E-state index in [0.717, 1.165) is 71.0 Å². The molecule has 1 unspecified atom stereocenters. The van der Waals surface area contributed by atoms with Gasteiger partial charge >= 0.3 is 6.03 Å². The molecule has 1 aliphatic heterocycles. The maximum atomic E-state index is 12.6. The lowest BCUT2D eigenvalue weighted by Gasteiger charge is -2.42. The fourth-order valence-corrected chi connectivity index (χ4v) is 5.53. The molecule has 0 aromatic carbocycles. The number of rotatable bonds is 28. The summed E-state index contributed by atoms with van der Waals surface area (Å²) in [5, 5.41) is 3.08. The third-order valence-corrected chi connectivity index (χ3v) is 8.21. The fourth-order valence-electron chi connectivity index (χ4n) is 5.53. The molecule has 5 heteroatoms. The van der Waals surface area contributed by atoms with Crippen molar-refractivity contribution >= 4 is 11.9 Å². The molecular weight excluding hydrogens is 470 g/mol. The van der Waals surface area contributed by atoms with Crippen LogP contribution in [0, 0.1) is 0 Å². The molecule has 1 N–H and O–H groups in total. The summed E-state index contributed by atoms with van der Waals surface area (Å²) in [7, 11) is 0. The van der Waals surface area contributed by atoms with E-state index in [9.17, 15) is 9.59 Å². The van der Waals surface area contributed by atoms with Crippen LogP contribution in [0.15, 0.2) is 0 Å². The Morgan fingerprint density at radius 1 is 0.632 bits per heavy atom. The van der Waals surface area contributed by atoms with Crippen molar-refractivity contribution in [3.63, 3.8) is 0 Å². The van der Waals surface area contributed by atoms with Gasteiger partial charge in [0.05, 0.1) is 0 Å². The topological polar surface area (TPSA) is 52.7 Å². The van der Waals surface area contributed by atoms with Crippen molar-refractivity contribution < 1.29 is 9.59 Å². The molecule has 0 saturated carbocycles. The van der Waals surface area contributed by atoms with E-state index in [2.05, 4.69) is 31.0 Å². The molecule has 38 heavy (non-hydrogen) atoms. The largest absolute Gasteiger partial charge is 0.343 e. The van der Waals surface area contributed by atoms with Crippen LogP contribution in [-0.4, -0.2) is 47.5 Å². The van der Waals surface area contributed by atoms with Crippen LogP contribution in [0.5, 0.6) is 0 Å². The molecule has 1 fully saturated rings. The highest BCUT2D eigenvalue weighted by atomic mass is 16.2. The van der Waals surface area contributed by atoms with Crippen LogP contribution in [0.2, 0.25) is 0 Å². The van der Waals surface area contributed by atoms with Crippen molar-refractivity contribution in [3.8, 4) is 0 Å². The van der Waals surface area contributed by atoms with Crippen LogP contribution in [0.1, 0.15) is 175 Å². The summed E-state index contributed by atoms with van der Waals surface area (Å²) in [5.41, 5.74) is 0. The number of carbonyl (C=O) groups is 2. The Balaban J connectivity index is 1.97. The molecule has 0 radical (unpaired) electrons. The smallest absolute Gasteiger partial charge is 0.320 e. The first kappa shape index (κ1) is 34.8. The third-order valence-electron chi connectivity index (χ3n) is 8.21. The van der Waals surface area contributed by atoms with E-state index in [1.807, 2.05) is 4.90 Å². The first-order valence-corrected chi connectivity index (χ1v) is 17.0. The van der Waals surface area contributed by atoms with Crippen molar-refractivity contribution in [1.82, 2.24) is 15.1 Å². The van der Waals surface area contributed by atoms with Crippen molar-refractivity contribution in [2.24, 2.45) is 0 Å². The van der Waals surface area contributed by atoms with Crippen LogP contribution >= 0.6 is 0 Å². The van der Waals surface area contributed by atoms with Gasteiger partial charge in [0.15, 0.2) is 0 Å². The van der Waals surface area contributed by atoms with Gasteiger partial charge < -0.3 is 15.1 Å². The SMILES string of the molecule is CCCCCCCCCCCCCCCCCC1NC(=O)N1CCCCCC(=O)N(CCCC)CCCC. The summed E-state index contributed by atoms with van der Waals surface area (Å²) in [6, 6.07) is 0.0948. The van der Waals surface area contributed by atoms with Gasteiger partial charge in [0, 0.05) is 26.1 Å². The average Bonchev–Trinajstić information content (AvgIpc) is 2.92. The number of urea groups is 1. The Labute approximate surface area is 237 Å². The Hall–Kier alpha value is -1.26. The van der Waals surface area contributed by atoms with Crippen molar-refractivity contribution in [2.45, 2.75) is 181 Å². The number of amides is 3. The molecule has 1 heterocycles. The van der Waals surface area contributed by atoms with Crippen LogP contribution in [0.25, 0.3) is 0 Å². The Morgan fingerprint density at radius 2 is 1.08 bits per heavy atom.